The first kappa shape index (κ1) is 21.1. The first-order valence-electron chi connectivity index (χ1n) is 9.35. The van der Waals surface area contributed by atoms with Crippen molar-refractivity contribution in [3.63, 3.8) is 0 Å². The van der Waals surface area contributed by atoms with Gasteiger partial charge in [-0.2, -0.15) is 5.10 Å². The summed E-state index contributed by atoms with van der Waals surface area (Å²) in [6, 6.07) is 5.70. The van der Waals surface area contributed by atoms with Crippen LogP contribution in [0.15, 0.2) is 24.3 Å². The smallest absolute Gasteiger partial charge is 0.410 e. The number of nitrogens with zero attached hydrogens (tertiary/aromatic N) is 4. The largest absolute Gasteiger partial charge is 0.444 e. The molecule has 2 heterocycles. The van der Waals surface area contributed by atoms with Gasteiger partial charge in [0.1, 0.15) is 16.6 Å². The summed E-state index contributed by atoms with van der Waals surface area (Å²) in [6.45, 7) is 8.64. The van der Waals surface area contributed by atoms with Crippen LogP contribution < -0.4 is 0 Å². The van der Waals surface area contributed by atoms with E-state index in [2.05, 4.69) is 5.10 Å². The molecule has 0 radical (unpaired) electrons. The first-order chi connectivity index (χ1) is 13.6. The van der Waals surface area contributed by atoms with Crippen LogP contribution in [0.5, 0.6) is 0 Å². The van der Waals surface area contributed by atoms with Gasteiger partial charge in [-0.1, -0.05) is 11.6 Å². The van der Waals surface area contributed by atoms with E-state index in [1.54, 1.807) is 28.9 Å². The molecule has 0 aliphatic carbocycles. The van der Waals surface area contributed by atoms with E-state index < -0.39 is 5.60 Å². The van der Waals surface area contributed by atoms with E-state index in [-0.39, 0.29) is 23.0 Å². The molecule has 0 saturated carbocycles. The number of benzene rings is 1. The second-order valence-corrected chi connectivity index (χ2v) is 8.26. The first-order valence-corrected chi connectivity index (χ1v) is 9.73. The highest BCUT2D eigenvalue weighted by Gasteiger charge is 2.31. The SMILES string of the molecule is Cc1nn(-c2ccc(F)cc2)c(Cl)c1C(=O)N1CCN(C(=O)OC(C)(C)C)CC1. The van der Waals surface area contributed by atoms with E-state index in [4.69, 9.17) is 16.3 Å². The minimum atomic E-state index is -0.566. The Balaban J connectivity index is 1.72. The maximum Gasteiger partial charge on any atom is 0.410 e. The van der Waals surface area contributed by atoms with E-state index in [9.17, 15) is 14.0 Å². The number of hydrogen-bond acceptors (Lipinski definition) is 4. The highest BCUT2D eigenvalue weighted by atomic mass is 35.5. The minimum absolute atomic E-state index is 0.175. The summed E-state index contributed by atoms with van der Waals surface area (Å²) in [5, 5.41) is 4.51. The molecule has 0 unspecified atom stereocenters. The Morgan fingerprint density at radius 3 is 2.17 bits per heavy atom. The fourth-order valence-corrected chi connectivity index (χ4v) is 3.43. The van der Waals surface area contributed by atoms with Gasteiger partial charge in [0.15, 0.2) is 0 Å². The van der Waals surface area contributed by atoms with Gasteiger partial charge in [0.05, 0.1) is 16.9 Å². The van der Waals surface area contributed by atoms with Crippen LogP contribution in [-0.4, -0.2) is 63.4 Å². The quantitative estimate of drug-likeness (QED) is 0.740. The molecule has 1 aliphatic heterocycles. The van der Waals surface area contributed by atoms with Crippen LogP contribution in [0.4, 0.5) is 9.18 Å². The number of amides is 2. The molecule has 2 aromatic rings. The minimum Gasteiger partial charge on any atom is -0.444 e. The van der Waals surface area contributed by atoms with Crippen molar-refractivity contribution < 1.29 is 18.7 Å². The third-order valence-electron chi connectivity index (χ3n) is 4.51. The van der Waals surface area contributed by atoms with Gasteiger partial charge >= 0.3 is 6.09 Å². The van der Waals surface area contributed by atoms with Crippen molar-refractivity contribution in [2.75, 3.05) is 26.2 Å². The topological polar surface area (TPSA) is 67.7 Å². The monoisotopic (exact) mass is 422 g/mol. The van der Waals surface area contributed by atoms with Crippen LogP contribution in [0, 0.1) is 12.7 Å². The third-order valence-corrected chi connectivity index (χ3v) is 4.86. The summed E-state index contributed by atoms with van der Waals surface area (Å²) >= 11 is 6.44. The molecule has 1 aromatic heterocycles. The average Bonchev–Trinajstić information content (AvgIpc) is 2.95. The van der Waals surface area contributed by atoms with E-state index in [1.165, 1.54) is 16.8 Å². The third kappa shape index (κ3) is 4.70. The number of carbonyl (C=O) groups excluding carboxylic acids is 2. The van der Waals surface area contributed by atoms with Crippen molar-refractivity contribution in [1.82, 2.24) is 19.6 Å². The fraction of sp³-hybridized carbons (Fsp3) is 0.450. The van der Waals surface area contributed by atoms with Crippen LogP contribution in [0.3, 0.4) is 0 Å². The lowest BCUT2D eigenvalue weighted by Gasteiger charge is -2.35. The Morgan fingerprint density at radius 1 is 1.07 bits per heavy atom. The Kier molecular flexibility index (Phi) is 5.84. The molecule has 0 atom stereocenters. The van der Waals surface area contributed by atoms with Crippen LogP contribution >= 0.6 is 11.6 Å². The molecule has 29 heavy (non-hydrogen) atoms. The Hall–Kier alpha value is -2.61. The van der Waals surface area contributed by atoms with Crippen LogP contribution in [0.1, 0.15) is 36.8 Å². The van der Waals surface area contributed by atoms with E-state index in [0.29, 0.717) is 43.1 Å². The van der Waals surface area contributed by atoms with Gasteiger partial charge in [-0.05, 0) is 52.0 Å². The number of rotatable bonds is 2. The maximum absolute atomic E-state index is 13.2. The molecule has 9 heteroatoms. The molecule has 1 fully saturated rings. The normalized spacial score (nSPS) is 14.8. The highest BCUT2D eigenvalue weighted by Crippen LogP contribution is 2.25. The number of aromatic nitrogens is 2. The zero-order valence-corrected chi connectivity index (χ0v) is 17.7. The van der Waals surface area contributed by atoms with Crippen molar-refractivity contribution in [2.45, 2.75) is 33.3 Å². The van der Waals surface area contributed by atoms with Gasteiger partial charge in [-0.15, -0.1) is 0 Å². The molecule has 1 saturated heterocycles. The molecule has 0 bridgehead atoms. The van der Waals surface area contributed by atoms with E-state index in [0.717, 1.165) is 0 Å². The highest BCUT2D eigenvalue weighted by molar-refractivity contribution is 6.33. The number of ether oxygens (including phenoxy) is 1. The number of hydrogen-bond donors (Lipinski definition) is 0. The van der Waals surface area contributed by atoms with Crippen LogP contribution in [-0.2, 0) is 4.74 Å². The van der Waals surface area contributed by atoms with Gasteiger partial charge < -0.3 is 14.5 Å². The van der Waals surface area contributed by atoms with Crippen LogP contribution in [0.25, 0.3) is 5.69 Å². The summed E-state index contributed by atoms with van der Waals surface area (Å²) in [5.74, 6) is -0.613. The average molecular weight is 423 g/mol. The summed E-state index contributed by atoms with van der Waals surface area (Å²) < 4.78 is 20.0. The van der Waals surface area contributed by atoms with E-state index in [1.807, 2.05) is 20.8 Å². The van der Waals surface area contributed by atoms with E-state index >= 15 is 0 Å². The molecule has 2 amide bonds. The molecule has 0 spiro atoms. The Bertz CT molecular complexity index is 913. The van der Waals surface area contributed by atoms with Crippen molar-refractivity contribution in [3.05, 3.63) is 46.5 Å². The molecule has 0 N–H and O–H groups in total. The zero-order chi connectivity index (χ0) is 21.3. The summed E-state index contributed by atoms with van der Waals surface area (Å²) in [6.07, 6.45) is -0.386. The predicted octanol–water partition coefficient (Wildman–Crippen LogP) is 3.67. The number of halogens is 2. The molecule has 156 valence electrons. The number of carbonyl (C=O) groups is 2. The second kappa shape index (κ2) is 8.02. The van der Waals surface area contributed by atoms with Gasteiger partial charge in [0, 0.05) is 26.2 Å². The molecular weight excluding hydrogens is 399 g/mol. The van der Waals surface area contributed by atoms with Crippen molar-refractivity contribution in [3.8, 4) is 5.69 Å². The maximum atomic E-state index is 13.2. The second-order valence-electron chi connectivity index (χ2n) is 7.90. The molecule has 7 nitrogen and oxygen atoms in total. The number of aryl methyl sites for hydroxylation is 1. The van der Waals surface area contributed by atoms with Crippen LogP contribution in [0.2, 0.25) is 5.15 Å². The van der Waals surface area contributed by atoms with Gasteiger partial charge in [0.25, 0.3) is 5.91 Å². The Morgan fingerprint density at radius 2 is 1.62 bits per heavy atom. The zero-order valence-electron chi connectivity index (χ0n) is 16.9. The van der Waals surface area contributed by atoms with Gasteiger partial charge in [-0.25, -0.2) is 13.9 Å². The fourth-order valence-electron chi connectivity index (χ4n) is 3.07. The lowest BCUT2D eigenvalue weighted by Crippen LogP contribution is -2.51. The standard InChI is InChI=1S/C20H24ClFN4O3/c1-13-16(17(21)26(23-13)15-7-5-14(22)6-8-15)18(27)24-9-11-25(12-10-24)19(28)29-20(2,3)4/h5-8H,9-12H2,1-4H3. The summed E-state index contributed by atoms with van der Waals surface area (Å²) in [7, 11) is 0. The lowest BCUT2D eigenvalue weighted by molar-refractivity contribution is 0.0140. The van der Waals surface area contributed by atoms with Gasteiger partial charge in [-0.3, -0.25) is 4.79 Å². The lowest BCUT2D eigenvalue weighted by atomic mass is 10.2. The van der Waals surface area contributed by atoms with Gasteiger partial charge in [0.2, 0.25) is 0 Å². The Labute approximate surface area is 174 Å². The predicted molar refractivity (Wildman–Crippen MR) is 107 cm³/mol. The van der Waals surface area contributed by atoms with Crippen molar-refractivity contribution in [2.24, 2.45) is 0 Å². The molecular formula is C20H24ClFN4O3. The van der Waals surface area contributed by atoms with Crippen molar-refractivity contribution in [1.29, 1.82) is 0 Å². The molecule has 1 aromatic carbocycles. The molecule has 3 rings (SSSR count). The summed E-state index contributed by atoms with van der Waals surface area (Å²) in [4.78, 5) is 28.5. The van der Waals surface area contributed by atoms with Crippen molar-refractivity contribution >= 4 is 23.6 Å². The number of piperazine rings is 1. The summed E-state index contributed by atoms with van der Waals surface area (Å²) in [5.41, 5.74) is 0.790. The molecule has 1 aliphatic rings.